The van der Waals surface area contributed by atoms with Gasteiger partial charge in [0.25, 0.3) is 0 Å². The molecular formula is C18H15ClFN3O3. The molecule has 26 heavy (non-hydrogen) atoms. The van der Waals surface area contributed by atoms with Crippen LogP contribution in [0.4, 0.5) is 4.39 Å². The molecule has 6 nitrogen and oxygen atoms in total. The number of benzene rings is 2. The Morgan fingerprint density at radius 1 is 1.27 bits per heavy atom. The molecule has 0 aliphatic rings. The quantitative estimate of drug-likeness (QED) is 0.636. The van der Waals surface area contributed by atoms with E-state index in [1.165, 1.54) is 17.9 Å². The number of methoxy groups -OCH3 is 1. The molecule has 0 unspecified atom stereocenters. The number of aromatic nitrogens is 3. The highest BCUT2D eigenvalue weighted by atomic mass is 35.5. The predicted octanol–water partition coefficient (Wildman–Crippen LogP) is 3.73. The minimum atomic E-state index is -0.684. The van der Waals surface area contributed by atoms with Gasteiger partial charge in [0.1, 0.15) is 18.2 Å². The lowest BCUT2D eigenvalue weighted by Crippen LogP contribution is -2.09. The van der Waals surface area contributed by atoms with Gasteiger partial charge in [-0.05, 0) is 31.2 Å². The number of carbonyl (C=O) groups excluding carboxylic acids is 1. The van der Waals surface area contributed by atoms with Crippen molar-refractivity contribution in [2.45, 2.75) is 13.5 Å². The highest BCUT2D eigenvalue weighted by molar-refractivity contribution is 6.32. The van der Waals surface area contributed by atoms with Gasteiger partial charge in [-0.3, -0.25) is 0 Å². The minimum Gasteiger partial charge on any atom is -0.495 e. The second-order valence-corrected chi connectivity index (χ2v) is 5.83. The monoisotopic (exact) mass is 375 g/mol. The first-order valence-electron chi connectivity index (χ1n) is 7.68. The molecule has 3 rings (SSSR count). The van der Waals surface area contributed by atoms with E-state index in [0.29, 0.717) is 22.2 Å². The zero-order valence-electron chi connectivity index (χ0n) is 14.1. The van der Waals surface area contributed by atoms with Crippen molar-refractivity contribution in [3.05, 3.63) is 70.3 Å². The van der Waals surface area contributed by atoms with Crippen LogP contribution in [0.25, 0.3) is 5.69 Å². The van der Waals surface area contributed by atoms with Crippen molar-refractivity contribution in [1.82, 2.24) is 15.0 Å². The van der Waals surface area contributed by atoms with Crippen LogP contribution in [0.3, 0.4) is 0 Å². The summed E-state index contributed by atoms with van der Waals surface area (Å²) >= 11 is 6.12. The highest BCUT2D eigenvalue weighted by Gasteiger charge is 2.19. The normalized spacial score (nSPS) is 10.6. The number of rotatable bonds is 5. The summed E-state index contributed by atoms with van der Waals surface area (Å²) in [6, 6.07) is 11.2. The van der Waals surface area contributed by atoms with Gasteiger partial charge in [-0.15, -0.1) is 5.10 Å². The molecule has 0 bridgehead atoms. The van der Waals surface area contributed by atoms with E-state index in [-0.39, 0.29) is 17.9 Å². The van der Waals surface area contributed by atoms with Crippen LogP contribution in [-0.4, -0.2) is 28.1 Å². The van der Waals surface area contributed by atoms with Gasteiger partial charge in [-0.2, -0.15) is 0 Å². The molecule has 0 saturated heterocycles. The van der Waals surface area contributed by atoms with E-state index in [1.54, 1.807) is 43.3 Å². The first-order chi connectivity index (χ1) is 12.5. The smallest absolute Gasteiger partial charge is 0.361 e. The second kappa shape index (κ2) is 7.53. The summed E-state index contributed by atoms with van der Waals surface area (Å²) in [4.78, 5) is 12.3. The fraction of sp³-hybridized carbons (Fsp3) is 0.167. The number of hydrogen-bond acceptors (Lipinski definition) is 5. The number of halogens is 2. The summed E-state index contributed by atoms with van der Waals surface area (Å²) in [5.74, 6) is -0.595. The Morgan fingerprint density at radius 2 is 2.04 bits per heavy atom. The van der Waals surface area contributed by atoms with Crippen LogP contribution >= 0.6 is 11.6 Å². The van der Waals surface area contributed by atoms with Crippen molar-refractivity contribution in [3.63, 3.8) is 0 Å². The maximum atomic E-state index is 13.6. The molecule has 0 radical (unpaired) electrons. The van der Waals surface area contributed by atoms with Crippen molar-refractivity contribution in [3.8, 4) is 11.4 Å². The molecule has 0 aliphatic carbocycles. The lowest BCUT2D eigenvalue weighted by Gasteiger charge is -2.07. The van der Waals surface area contributed by atoms with E-state index >= 15 is 0 Å². The first-order valence-corrected chi connectivity index (χ1v) is 8.05. The summed E-state index contributed by atoms with van der Waals surface area (Å²) in [7, 11) is 1.52. The van der Waals surface area contributed by atoms with E-state index in [4.69, 9.17) is 21.1 Å². The molecule has 0 spiro atoms. The molecule has 134 valence electrons. The third-order valence-electron chi connectivity index (χ3n) is 3.78. The summed E-state index contributed by atoms with van der Waals surface area (Å²) < 4.78 is 25.3. The first kappa shape index (κ1) is 17.9. The van der Waals surface area contributed by atoms with Crippen LogP contribution < -0.4 is 4.74 Å². The van der Waals surface area contributed by atoms with Crippen molar-refractivity contribution < 1.29 is 18.7 Å². The fourth-order valence-corrected chi connectivity index (χ4v) is 2.63. The third kappa shape index (κ3) is 3.52. The minimum absolute atomic E-state index is 0.0493. The lowest BCUT2D eigenvalue weighted by molar-refractivity contribution is 0.0461. The van der Waals surface area contributed by atoms with E-state index < -0.39 is 11.8 Å². The molecule has 8 heteroatoms. The van der Waals surface area contributed by atoms with Crippen LogP contribution in [0.1, 0.15) is 21.7 Å². The molecule has 0 aliphatic heterocycles. The maximum absolute atomic E-state index is 13.6. The highest BCUT2D eigenvalue weighted by Crippen LogP contribution is 2.27. The number of ether oxygens (including phenoxy) is 2. The Labute approximate surface area is 154 Å². The molecular weight excluding hydrogens is 361 g/mol. The summed E-state index contributed by atoms with van der Waals surface area (Å²) in [6.45, 7) is 1.49. The molecule has 0 atom stereocenters. The Hall–Kier alpha value is -2.93. The summed E-state index contributed by atoms with van der Waals surface area (Å²) in [5, 5.41) is 8.24. The fourth-order valence-electron chi connectivity index (χ4n) is 2.38. The van der Waals surface area contributed by atoms with Crippen LogP contribution in [0.5, 0.6) is 5.75 Å². The number of nitrogens with zero attached hydrogens (tertiary/aromatic N) is 3. The van der Waals surface area contributed by atoms with E-state index in [2.05, 4.69) is 10.3 Å². The van der Waals surface area contributed by atoms with Crippen molar-refractivity contribution in [2.75, 3.05) is 7.11 Å². The van der Waals surface area contributed by atoms with Gasteiger partial charge in [-0.25, -0.2) is 13.9 Å². The second-order valence-electron chi connectivity index (χ2n) is 5.42. The topological polar surface area (TPSA) is 66.2 Å². The molecule has 3 aromatic rings. The Bertz CT molecular complexity index is 959. The molecule has 0 amide bonds. The molecule has 0 fully saturated rings. The van der Waals surface area contributed by atoms with Gasteiger partial charge in [0.15, 0.2) is 5.69 Å². The summed E-state index contributed by atoms with van der Waals surface area (Å²) in [5.41, 5.74) is 1.43. The van der Waals surface area contributed by atoms with Crippen LogP contribution in [0, 0.1) is 12.7 Å². The van der Waals surface area contributed by atoms with Gasteiger partial charge in [0.05, 0.1) is 23.5 Å². The molecule has 1 heterocycles. The van der Waals surface area contributed by atoms with Gasteiger partial charge in [0, 0.05) is 5.56 Å². The average molecular weight is 376 g/mol. The standard InChI is InChI=1S/C18H15ClFN3O3/c1-11-17(18(24)26-10-12-5-3-4-6-15(12)20)21-22-23(11)13-7-8-16(25-2)14(19)9-13/h3-9H,10H2,1-2H3. The third-order valence-corrected chi connectivity index (χ3v) is 4.08. The zero-order chi connectivity index (χ0) is 18.7. The number of esters is 1. The molecule has 2 aromatic carbocycles. The molecule has 0 N–H and O–H groups in total. The van der Waals surface area contributed by atoms with Crippen molar-refractivity contribution >= 4 is 17.6 Å². The van der Waals surface area contributed by atoms with Crippen molar-refractivity contribution in [1.29, 1.82) is 0 Å². The largest absolute Gasteiger partial charge is 0.495 e. The van der Waals surface area contributed by atoms with Gasteiger partial charge in [-0.1, -0.05) is 35.0 Å². The van der Waals surface area contributed by atoms with Crippen LogP contribution in [0.2, 0.25) is 5.02 Å². The number of hydrogen-bond donors (Lipinski definition) is 0. The molecule has 0 saturated carbocycles. The summed E-state index contributed by atoms with van der Waals surface area (Å²) in [6.07, 6.45) is 0. The van der Waals surface area contributed by atoms with Gasteiger partial charge in [0.2, 0.25) is 0 Å². The Balaban J connectivity index is 1.79. The Morgan fingerprint density at radius 3 is 2.73 bits per heavy atom. The van der Waals surface area contributed by atoms with E-state index in [1.807, 2.05) is 0 Å². The average Bonchev–Trinajstić information content (AvgIpc) is 3.02. The molecule has 1 aromatic heterocycles. The van der Waals surface area contributed by atoms with Crippen LogP contribution in [0.15, 0.2) is 42.5 Å². The maximum Gasteiger partial charge on any atom is 0.361 e. The number of carbonyl (C=O) groups is 1. The van der Waals surface area contributed by atoms with E-state index in [0.717, 1.165) is 0 Å². The van der Waals surface area contributed by atoms with Crippen LogP contribution in [-0.2, 0) is 11.3 Å². The lowest BCUT2D eigenvalue weighted by atomic mass is 10.2. The van der Waals surface area contributed by atoms with Gasteiger partial charge < -0.3 is 9.47 Å². The SMILES string of the molecule is COc1ccc(-n2nnc(C(=O)OCc3ccccc3F)c2C)cc1Cl. The van der Waals surface area contributed by atoms with Crippen molar-refractivity contribution in [2.24, 2.45) is 0 Å². The van der Waals surface area contributed by atoms with Gasteiger partial charge >= 0.3 is 5.97 Å². The zero-order valence-corrected chi connectivity index (χ0v) is 14.8. The Kier molecular flexibility index (Phi) is 5.18. The predicted molar refractivity (Wildman–Crippen MR) is 93.2 cm³/mol. The van der Waals surface area contributed by atoms with E-state index in [9.17, 15) is 9.18 Å².